The van der Waals surface area contributed by atoms with Crippen LogP contribution in [0.1, 0.15) is 38.8 Å². The van der Waals surface area contributed by atoms with E-state index in [1.165, 1.54) is 0 Å². The van der Waals surface area contributed by atoms with Crippen molar-refractivity contribution in [2.45, 2.75) is 45.6 Å². The van der Waals surface area contributed by atoms with Crippen LogP contribution in [0.25, 0.3) is 0 Å². The number of aliphatic imine (C=N–C) groups is 1. The molecule has 134 valence electrons. The van der Waals surface area contributed by atoms with E-state index < -0.39 is 5.72 Å². The molecule has 0 heterocycles. The second kappa shape index (κ2) is 9.02. The van der Waals surface area contributed by atoms with E-state index in [0.717, 1.165) is 11.1 Å². The third-order valence-electron chi connectivity index (χ3n) is 3.50. The summed E-state index contributed by atoms with van der Waals surface area (Å²) in [5, 5.41) is 0. The molecule has 0 unspecified atom stereocenters. The fourth-order valence-electron chi connectivity index (χ4n) is 2.66. The van der Waals surface area contributed by atoms with Gasteiger partial charge in [0.05, 0.1) is 18.1 Å². The summed E-state index contributed by atoms with van der Waals surface area (Å²) in [5.41, 5.74) is 0.866. The van der Waals surface area contributed by atoms with Crippen molar-refractivity contribution in [1.82, 2.24) is 0 Å². The van der Waals surface area contributed by atoms with Gasteiger partial charge in [-0.3, -0.25) is 0 Å². The van der Waals surface area contributed by atoms with Crippen LogP contribution in [0.3, 0.4) is 0 Å². The molecule has 2 rings (SSSR count). The molecule has 3 nitrogen and oxygen atoms in total. The quantitative estimate of drug-likeness (QED) is 0.377. The molecule has 0 radical (unpaired) electrons. The zero-order valence-electron chi connectivity index (χ0n) is 15.3. The summed E-state index contributed by atoms with van der Waals surface area (Å²) in [4.78, 5) is 4.89. The predicted molar refractivity (Wildman–Crippen MR) is 104 cm³/mol. The Kier molecular flexibility index (Phi) is 7.03. The fourth-order valence-corrected chi connectivity index (χ4v) is 2.79. The molecule has 0 bridgehead atoms. The normalized spacial score (nSPS) is 12.7. The van der Waals surface area contributed by atoms with Crippen molar-refractivity contribution in [3.8, 4) is 0 Å². The lowest BCUT2D eigenvalue weighted by molar-refractivity contribution is -0.0527. The molecule has 0 spiro atoms. The molecule has 0 aliphatic heterocycles. The molecule has 0 aliphatic rings. The third kappa shape index (κ3) is 5.07. The van der Waals surface area contributed by atoms with Gasteiger partial charge in [-0.15, -0.1) is 11.6 Å². The molecule has 2 aromatic carbocycles. The van der Waals surface area contributed by atoms with Crippen LogP contribution in [0.4, 0.5) is 0 Å². The van der Waals surface area contributed by atoms with Gasteiger partial charge in [-0.05, 0) is 27.7 Å². The molecule has 0 aromatic heterocycles. The van der Waals surface area contributed by atoms with Gasteiger partial charge < -0.3 is 9.47 Å². The highest BCUT2D eigenvalue weighted by Crippen LogP contribution is 2.37. The van der Waals surface area contributed by atoms with Crippen LogP contribution >= 0.6 is 11.6 Å². The summed E-state index contributed by atoms with van der Waals surface area (Å²) in [6.07, 6.45) is -0.0550. The minimum Gasteiger partial charge on any atom is -0.477 e. The van der Waals surface area contributed by atoms with Gasteiger partial charge in [-0.1, -0.05) is 60.7 Å². The number of alkyl halides is 1. The Morgan fingerprint density at radius 1 is 0.880 bits per heavy atom. The molecule has 25 heavy (non-hydrogen) atoms. The van der Waals surface area contributed by atoms with Crippen LogP contribution in [0, 0.1) is 0 Å². The van der Waals surface area contributed by atoms with E-state index in [9.17, 15) is 0 Å². The van der Waals surface area contributed by atoms with E-state index in [2.05, 4.69) is 0 Å². The minimum absolute atomic E-state index is 0.0132. The highest BCUT2D eigenvalue weighted by Gasteiger charge is 2.37. The van der Waals surface area contributed by atoms with Crippen molar-refractivity contribution in [3.05, 3.63) is 71.8 Å². The maximum Gasteiger partial charge on any atom is 0.215 e. The first-order valence-electron chi connectivity index (χ1n) is 8.58. The first-order valence-corrected chi connectivity index (χ1v) is 9.11. The average Bonchev–Trinajstić information content (AvgIpc) is 2.61. The van der Waals surface area contributed by atoms with Gasteiger partial charge in [-0.25, -0.2) is 4.99 Å². The van der Waals surface area contributed by atoms with Gasteiger partial charge in [-0.2, -0.15) is 0 Å². The van der Waals surface area contributed by atoms with E-state index in [-0.39, 0.29) is 18.1 Å². The third-order valence-corrected chi connectivity index (χ3v) is 3.73. The lowest BCUT2D eigenvalue weighted by Gasteiger charge is -2.33. The van der Waals surface area contributed by atoms with Crippen molar-refractivity contribution in [2.75, 3.05) is 5.88 Å². The van der Waals surface area contributed by atoms with Crippen LogP contribution < -0.4 is 0 Å². The molecule has 2 aromatic rings. The number of halogens is 1. The molecule has 0 N–H and O–H groups in total. The Hall–Kier alpha value is -1.84. The topological polar surface area (TPSA) is 30.8 Å². The number of rotatable bonds is 7. The molecule has 0 saturated carbocycles. The Morgan fingerprint density at radius 2 is 1.36 bits per heavy atom. The summed E-state index contributed by atoms with van der Waals surface area (Å²) in [6.45, 7) is 7.91. The van der Waals surface area contributed by atoms with Crippen molar-refractivity contribution in [2.24, 2.45) is 4.99 Å². The van der Waals surface area contributed by atoms with Crippen molar-refractivity contribution < 1.29 is 9.47 Å². The van der Waals surface area contributed by atoms with E-state index in [4.69, 9.17) is 26.1 Å². The van der Waals surface area contributed by atoms with Crippen LogP contribution in [0.5, 0.6) is 0 Å². The van der Waals surface area contributed by atoms with Gasteiger partial charge >= 0.3 is 0 Å². The standard InChI is InChI=1S/C21H26ClNO2/c1-16(2)24-20(15-22)23-21(25-17(3)4,18-11-7-5-8-12-18)19-13-9-6-10-14-19/h5-14,16-17H,15H2,1-4H3/b23-20-. The minimum atomic E-state index is -1.00. The molecule has 0 saturated heterocycles. The van der Waals surface area contributed by atoms with E-state index in [1.807, 2.05) is 88.4 Å². The first kappa shape index (κ1) is 19.5. The molecule has 0 fully saturated rings. The van der Waals surface area contributed by atoms with E-state index >= 15 is 0 Å². The Labute approximate surface area is 155 Å². The number of hydrogen-bond acceptors (Lipinski definition) is 3. The summed E-state index contributed by atoms with van der Waals surface area (Å²) in [7, 11) is 0. The van der Waals surface area contributed by atoms with Gasteiger partial charge in [0.25, 0.3) is 0 Å². The van der Waals surface area contributed by atoms with Crippen LogP contribution in [-0.2, 0) is 15.2 Å². The van der Waals surface area contributed by atoms with Crippen molar-refractivity contribution in [3.63, 3.8) is 0 Å². The number of ether oxygens (including phenoxy) is 2. The molecule has 0 amide bonds. The molecule has 0 atom stereocenters. The van der Waals surface area contributed by atoms with E-state index in [0.29, 0.717) is 5.90 Å². The summed E-state index contributed by atoms with van der Waals surface area (Å²) in [5.74, 6) is 0.645. The van der Waals surface area contributed by atoms with Crippen LogP contribution in [0.15, 0.2) is 65.7 Å². The van der Waals surface area contributed by atoms with E-state index in [1.54, 1.807) is 0 Å². The predicted octanol–water partition coefficient (Wildman–Crippen LogP) is 5.38. The maximum atomic E-state index is 6.40. The maximum absolute atomic E-state index is 6.40. The molecule has 0 aliphatic carbocycles. The van der Waals surface area contributed by atoms with Crippen LogP contribution in [-0.4, -0.2) is 24.0 Å². The lowest BCUT2D eigenvalue weighted by Crippen LogP contribution is -2.34. The smallest absolute Gasteiger partial charge is 0.215 e. The monoisotopic (exact) mass is 359 g/mol. The van der Waals surface area contributed by atoms with Crippen molar-refractivity contribution in [1.29, 1.82) is 0 Å². The van der Waals surface area contributed by atoms with Gasteiger partial charge in [0.15, 0.2) is 0 Å². The number of nitrogens with zero attached hydrogens (tertiary/aromatic N) is 1. The average molecular weight is 360 g/mol. The lowest BCUT2D eigenvalue weighted by atomic mass is 9.94. The van der Waals surface area contributed by atoms with Crippen molar-refractivity contribution >= 4 is 17.5 Å². The summed E-state index contributed by atoms with van der Waals surface area (Å²) < 4.78 is 12.2. The second-order valence-electron chi connectivity index (χ2n) is 6.35. The van der Waals surface area contributed by atoms with Gasteiger partial charge in [0.1, 0.15) is 0 Å². The second-order valence-corrected chi connectivity index (χ2v) is 6.62. The van der Waals surface area contributed by atoms with Gasteiger partial charge in [0, 0.05) is 11.1 Å². The molecular formula is C21H26ClNO2. The highest BCUT2D eigenvalue weighted by atomic mass is 35.5. The fraction of sp³-hybridized carbons (Fsp3) is 0.381. The molecular weight excluding hydrogens is 334 g/mol. The Bertz CT molecular complexity index is 629. The zero-order valence-corrected chi connectivity index (χ0v) is 16.0. The SMILES string of the molecule is CC(C)O/C(CCl)=N\C(OC(C)C)(c1ccccc1)c1ccccc1. The van der Waals surface area contributed by atoms with Crippen LogP contribution in [0.2, 0.25) is 0 Å². The first-order chi connectivity index (χ1) is 12.0. The number of benzene rings is 2. The zero-order chi connectivity index (χ0) is 18.3. The highest BCUT2D eigenvalue weighted by molar-refractivity contribution is 6.27. The van der Waals surface area contributed by atoms with Gasteiger partial charge in [0.2, 0.25) is 11.6 Å². The molecule has 4 heteroatoms. The summed E-state index contributed by atoms with van der Waals surface area (Å²) in [6, 6.07) is 19.9. The number of hydrogen-bond donors (Lipinski definition) is 0. The Morgan fingerprint density at radius 3 is 1.72 bits per heavy atom. The summed E-state index contributed by atoms with van der Waals surface area (Å²) >= 11 is 6.12. The Balaban J connectivity index is 2.69. The largest absolute Gasteiger partial charge is 0.477 e.